The average molecular weight is 476 g/mol. The lowest BCUT2D eigenvalue weighted by Crippen LogP contribution is -2.41. The van der Waals surface area contributed by atoms with Crippen molar-refractivity contribution < 1.29 is 9.53 Å². The van der Waals surface area contributed by atoms with Crippen LogP contribution in [0.5, 0.6) is 0 Å². The summed E-state index contributed by atoms with van der Waals surface area (Å²) >= 11 is 0. The number of carbonyl (C=O) groups is 1. The van der Waals surface area contributed by atoms with Gasteiger partial charge in [0.2, 0.25) is 0 Å². The van der Waals surface area contributed by atoms with Gasteiger partial charge in [-0.1, -0.05) is 12.5 Å². The maximum atomic E-state index is 13.5. The Balaban J connectivity index is 1.01. The fourth-order valence-corrected chi connectivity index (χ4v) is 6.66. The third kappa shape index (κ3) is 4.60. The van der Waals surface area contributed by atoms with Crippen molar-refractivity contribution in [3.8, 4) is 0 Å². The minimum absolute atomic E-state index is 0.133. The van der Waals surface area contributed by atoms with Crippen LogP contribution in [0.3, 0.4) is 0 Å². The first-order valence-corrected chi connectivity index (χ1v) is 13.6. The van der Waals surface area contributed by atoms with Gasteiger partial charge >= 0.3 is 0 Å². The number of rotatable bonds is 7. The van der Waals surface area contributed by atoms with Gasteiger partial charge in [-0.3, -0.25) is 9.69 Å². The Morgan fingerprint density at radius 2 is 2.03 bits per heavy atom. The van der Waals surface area contributed by atoms with Crippen LogP contribution >= 0.6 is 0 Å². The van der Waals surface area contributed by atoms with Crippen LogP contribution in [0.4, 0.5) is 5.82 Å². The van der Waals surface area contributed by atoms with Crippen molar-refractivity contribution in [2.45, 2.75) is 82.8 Å². The van der Waals surface area contributed by atoms with E-state index in [0.717, 1.165) is 101 Å². The van der Waals surface area contributed by atoms with Crippen LogP contribution in [0.1, 0.15) is 85.2 Å². The molecule has 4 atom stereocenters. The summed E-state index contributed by atoms with van der Waals surface area (Å²) in [6.07, 6.45) is 11.7. The van der Waals surface area contributed by atoms with Crippen molar-refractivity contribution >= 4 is 11.6 Å². The molecule has 6 rings (SSSR count). The van der Waals surface area contributed by atoms with Crippen molar-refractivity contribution in [2.75, 3.05) is 31.6 Å². The van der Waals surface area contributed by atoms with Gasteiger partial charge in [0.05, 0.1) is 17.8 Å². The number of pyridine rings is 1. The summed E-state index contributed by atoms with van der Waals surface area (Å²) in [5, 5.41) is 3.42. The summed E-state index contributed by atoms with van der Waals surface area (Å²) < 4.78 is 6.26. The Labute approximate surface area is 208 Å². The summed E-state index contributed by atoms with van der Waals surface area (Å²) in [4.78, 5) is 30.0. The highest BCUT2D eigenvalue weighted by Crippen LogP contribution is 2.49. The molecule has 2 aromatic heterocycles. The summed E-state index contributed by atoms with van der Waals surface area (Å²) in [6.45, 7) is 5.47. The van der Waals surface area contributed by atoms with Gasteiger partial charge < -0.3 is 10.1 Å². The minimum Gasteiger partial charge on any atom is -0.377 e. The predicted octanol–water partition coefficient (Wildman–Crippen LogP) is 4.16. The van der Waals surface area contributed by atoms with Gasteiger partial charge in [-0.25, -0.2) is 15.0 Å². The van der Waals surface area contributed by atoms with Crippen LogP contribution in [0.2, 0.25) is 0 Å². The van der Waals surface area contributed by atoms with Gasteiger partial charge in [-0.05, 0) is 69.9 Å². The molecule has 1 saturated carbocycles. The molecule has 186 valence electrons. The molecule has 4 aliphatic rings. The minimum atomic E-state index is -0.192. The maximum Gasteiger partial charge on any atom is 0.158 e. The maximum absolute atomic E-state index is 13.5. The summed E-state index contributed by atoms with van der Waals surface area (Å²) in [7, 11) is 0. The monoisotopic (exact) mass is 475 g/mol. The molecule has 0 spiro atoms. The first-order valence-electron chi connectivity index (χ1n) is 13.6. The first kappa shape index (κ1) is 23.0. The fourth-order valence-electron chi connectivity index (χ4n) is 6.66. The van der Waals surface area contributed by atoms with E-state index >= 15 is 0 Å². The number of aryl methyl sites for hydroxylation is 3. The first-order chi connectivity index (χ1) is 17.2. The second-order valence-electron chi connectivity index (χ2n) is 10.8. The zero-order chi connectivity index (χ0) is 23.8. The van der Waals surface area contributed by atoms with Crippen LogP contribution in [-0.4, -0.2) is 58.0 Å². The van der Waals surface area contributed by atoms with Crippen LogP contribution in [0, 0.1) is 12.8 Å². The highest BCUT2D eigenvalue weighted by atomic mass is 16.5. The lowest BCUT2D eigenvalue weighted by molar-refractivity contribution is -0.129. The molecule has 35 heavy (non-hydrogen) atoms. The Morgan fingerprint density at radius 3 is 2.97 bits per heavy atom. The molecule has 0 radical (unpaired) electrons. The molecule has 4 unspecified atom stereocenters. The number of anilines is 1. The lowest BCUT2D eigenvalue weighted by Gasteiger charge is -2.36. The van der Waals surface area contributed by atoms with Crippen LogP contribution < -0.4 is 5.32 Å². The number of hydrogen-bond acceptors (Lipinski definition) is 7. The lowest BCUT2D eigenvalue weighted by atomic mass is 9.76. The number of fused-ring (bicyclic) bond motifs is 4. The predicted molar refractivity (Wildman–Crippen MR) is 135 cm³/mol. The molecule has 4 heterocycles. The summed E-state index contributed by atoms with van der Waals surface area (Å²) in [6, 6.07) is 4.22. The third-order valence-corrected chi connectivity index (χ3v) is 8.44. The number of likely N-dealkylation sites (tertiary alicyclic amines) is 1. The van der Waals surface area contributed by atoms with Gasteiger partial charge in [0, 0.05) is 55.5 Å². The molecule has 2 fully saturated rings. The van der Waals surface area contributed by atoms with E-state index in [-0.39, 0.29) is 18.1 Å². The van der Waals surface area contributed by atoms with Gasteiger partial charge in [0.25, 0.3) is 0 Å². The molecule has 0 amide bonds. The Kier molecular flexibility index (Phi) is 6.54. The van der Waals surface area contributed by atoms with E-state index in [1.807, 2.05) is 13.1 Å². The van der Waals surface area contributed by atoms with Crippen molar-refractivity contribution in [1.29, 1.82) is 0 Å². The molecule has 0 bridgehead atoms. The largest absolute Gasteiger partial charge is 0.377 e. The van der Waals surface area contributed by atoms with E-state index in [0.29, 0.717) is 11.7 Å². The SMILES string of the molecule is Cc1ncc2c(n1)C1CCCC1C(=O)C2N1CCC(OCCCCc2ccc3c(n2)NCCC3)C1. The summed E-state index contributed by atoms with van der Waals surface area (Å²) in [5.41, 5.74) is 4.71. The smallest absolute Gasteiger partial charge is 0.158 e. The number of hydrogen-bond donors (Lipinski definition) is 1. The van der Waals surface area contributed by atoms with Gasteiger partial charge in [0.15, 0.2) is 5.78 Å². The number of ketones is 1. The van der Waals surface area contributed by atoms with E-state index in [1.165, 1.54) is 17.7 Å². The third-order valence-electron chi connectivity index (χ3n) is 8.44. The van der Waals surface area contributed by atoms with Crippen molar-refractivity contribution in [3.63, 3.8) is 0 Å². The topological polar surface area (TPSA) is 80.2 Å². The number of nitrogens with zero attached hydrogens (tertiary/aromatic N) is 4. The molecule has 2 aromatic rings. The van der Waals surface area contributed by atoms with Gasteiger partial charge in [-0.2, -0.15) is 0 Å². The molecular formula is C28H37N5O2. The van der Waals surface area contributed by atoms with E-state index in [9.17, 15) is 4.79 Å². The molecule has 7 heteroatoms. The quantitative estimate of drug-likeness (QED) is 0.602. The number of carbonyl (C=O) groups excluding carboxylic acids is 1. The van der Waals surface area contributed by atoms with E-state index < -0.39 is 0 Å². The number of Topliss-reactive ketones (excluding diaryl/α,β-unsaturated/α-hetero) is 1. The van der Waals surface area contributed by atoms with E-state index in [1.54, 1.807) is 0 Å². The molecule has 2 aliphatic carbocycles. The van der Waals surface area contributed by atoms with Crippen LogP contribution in [-0.2, 0) is 22.4 Å². The number of ether oxygens (including phenoxy) is 1. The number of aromatic nitrogens is 3. The van der Waals surface area contributed by atoms with Crippen molar-refractivity contribution in [1.82, 2.24) is 19.9 Å². The Bertz CT molecular complexity index is 1090. The normalized spacial score (nSPS) is 27.9. The zero-order valence-corrected chi connectivity index (χ0v) is 20.8. The molecule has 1 saturated heterocycles. The van der Waals surface area contributed by atoms with Crippen molar-refractivity contribution in [2.24, 2.45) is 5.92 Å². The fraction of sp³-hybridized carbons (Fsp3) is 0.643. The molecule has 1 N–H and O–H groups in total. The highest BCUT2D eigenvalue weighted by Gasteiger charge is 2.48. The van der Waals surface area contributed by atoms with E-state index in [4.69, 9.17) is 14.7 Å². The van der Waals surface area contributed by atoms with Crippen LogP contribution in [0.15, 0.2) is 18.3 Å². The second-order valence-corrected chi connectivity index (χ2v) is 10.8. The summed E-state index contributed by atoms with van der Waals surface area (Å²) in [5.74, 6) is 2.71. The zero-order valence-electron chi connectivity index (χ0n) is 20.8. The standard InChI is InChI=1S/C28H37N5O2/c1-18-30-16-24-25(31-18)22-8-4-9-23(22)27(34)26(24)33-14-12-21(17-33)35-15-3-2-7-20-11-10-19-6-5-13-29-28(19)32-20/h10-11,16,21-23,26H,2-9,12-15,17H2,1H3,(H,29,32). The Morgan fingerprint density at radius 1 is 1.11 bits per heavy atom. The average Bonchev–Trinajstić information content (AvgIpc) is 3.55. The van der Waals surface area contributed by atoms with Crippen molar-refractivity contribution in [3.05, 3.63) is 46.7 Å². The Hall–Kier alpha value is -2.38. The van der Waals surface area contributed by atoms with E-state index in [2.05, 4.69) is 27.3 Å². The highest BCUT2D eigenvalue weighted by molar-refractivity contribution is 5.90. The second kappa shape index (κ2) is 9.94. The molecule has 2 aliphatic heterocycles. The molecular weight excluding hydrogens is 438 g/mol. The molecule has 7 nitrogen and oxygen atoms in total. The van der Waals surface area contributed by atoms with Crippen LogP contribution in [0.25, 0.3) is 0 Å². The van der Waals surface area contributed by atoms with Gasteiger partial charge in [0.1, 0.15) is 11.6 Å². The van der Waals surface area contributed by atoms with Gasteiger partial charge in [-0.15, -0.1) is 0 Å². The molecule has 0 aromatic carbocycles. The number of unbranched alkanes of at least 4 members (excludes halogenated alkanes) is 1. The number of nitrogens with one attached hydrogen (secondary N) is 1.